The second kappa shape index (κ2) is 6.88. The molecule has 1 fully saturated rings. The van der Waals surface area contributed by atoms with Gasteiger partial charge in [-0.2, -0.15) is 0 Å². The number of nitrogens with zero attached hydrogens (tertiary/aromatic N) is 2. The highest BCUT2D eigenvalue weighted by atomic mass is 15.3. The lowest BCUT2D eigenvalue weighted by atomic mass is 10.1. The maximum atomic E-state index is 6.25. The summed E-state index contributed by atoms with van der Waals surface area (Å²) in [5.41, 5.74) is 7.59. The summed E-state index contributed by atoms with van der Waals surface area (Å²) in [4.78, 5) is 5.00. The maximum Gasteiger partial charge on any atom is 0.0208 e. The molecule has 0 aliphatic carbocycles. The molecule has 0 spiro atoms. The van der Waals surface area contributed by atoms with Crippen LogP contribution < -0.4 is 5.73 Å². The highest BCUT2D eigenvalue weighted by Crippen LogP contribution is 2.06. The van der Waals surface area contributed by atoms with Gasteiger partial charge in [0.15, 0.2) is 0 Å². The second-order valence-electron chi connectivity index (χ2n) is 5.18. The molecule has 0 bridgehead atoms. The summed E-state index contributed by atoms with van der Waals surface area (Å²) in [6.45, 7) is 9.13. The fourth-order valence-corrected chi connectivity index (χ4v) is 2.60. The van der Waals surface area contributed by atoms with Gasteiger partial charge in [0, 0.05) is 38.8 Å². The molecule has 2 rings (SSSR count). The smallest absolute Gasteiger partial charge is 0.0208 e. The Balaban J connectivity index is 1.73. The van der Waals surface area contributed by atoms with Gasteiger partial charge in [-0.15, -0.1) is 0 Å². The van der Waals surface area contributed by atoms with E-state index in [0.717, 1.165) is 26.1 Å². The van der Waals surface area contributed by atoms with E-state index in [0.29, 0.717) is 0 Å². The van der Waals surface area contributed by atoms with Gasteiger partial charge in [0.25, 0.3) is 0 Å². The van der Waals surface area contributed by atoms with Crippen LogP contribution in [0.3, 0.4) is 0 Å². The molecular formula is C15H25N3. The van der Waals surface area contributed by atoms with E-state index in [1.54, 1.807) is 0 Å². The molecule has 0 aromatic heterocycles. The van der Waals surface area contributed by atoms with Crippen LogP contribution in [0.2, 0.25) is 0 Å². The van der Waals surface area contributed by atoms with E-state index < -0.39 is 0 Å². The summed E-state index contributed by atoms with van der Waals surface area (Å²) >= 11 is 0. The van der Waals surface area contributed by atoms with Crippen molar-refractivity contribution in [3.8, 4) is 0 Å². The van der Waals surface area contributed by atoms with Gasteiger partial charge in [-0.1, -0.05) is 37.3 Å². The van der Waals surface area contributed by atoms with E-state index in [9.17, 15) is 0 Å². The van der Waals surface area contributed by atoms with Crippen LogP contribution in [0.5, 0.6) is 0 Å². The van der Waals surface area contributed by atoms with E-state index in [4.69, 9.17) is 5.73 Å². The largest absolute Gasteiger partial charge is 0.326 e. The molecule has 100 valence electrons. The zero-order valence-corrected chi connectivity index (χ0v) is 11.4. The van der Waals surface area contributed by atoms with Gasteiger partial charge in [0.1, 0.15) is 0 Å². The first kappa shape index (κ1) is 13.5. The van der Waals surface area contributed by atoms with Crippen molar-refractivity contribution in [1.29, 1.82) is 0 Å². The van der Waals surface area contributed by atoms with Crippen LogP contribution in [0.4, 0.5) is 0 Å². The fraction of sp³-hybridized carbons (Fsp3) is 0.600. The number of rotatable bonds is 5. The third-order valence-corrected chi connectivity index (χ3v) is 3.75. The first-order valence-electron chi connectivity index (χ1n) is 7.02. The summed E-state index contributed by atoms with van der Waals surface area (Å²) in [7, 11) is 0. The van der Waals surface area contributed by atoms with Crippen molar-refractivity contribution in [3.63, 3.8) is 0 Å². The Hall–Kier alpha value is -0.900. The number of likely N-dealkylation sites (N-methyl/N-ethyl adjacent to an activating group) is 1. The summed E-state index contributed by atoms with van der Waals surface area (Å²) in [6.07, 6.45) is 0.981. The Bertz CT molecular complexity index is 331. The van der Waals surface area contributed by atoms with Gasteiger partial charge in [-0.05, 0) is 18.5 Å². The molecule has 1 saturated heterocycles. The van der Waals surface area contributed by atoms with Gasteiger partial charge < -0.3 is 10.6 Å². The first-order valence-corrected chi connectivity index (χ1v) is 7.02. The maximum absolute atomic E-state index is 6.25. The van der Waals surface area contributed by atoms with Crippen LogP contribution in [0.1, 0.15) is 12.5 Å². The summed E-state index contributed by atoms with van der Waals surface area (Å²) in [5, 5.41) is 0. The highest BCUT2D eigenvalue weighted by Gasteiger charge is 2.17. The van der Waals surface area contributed by atoms with E-state index in [2.05, 4.69) is 47.1 Å². The van der Waals surface area contributed by atoms with Crippen molar-refractivity contribution in [2.75, 3.05) is 39.3 Å². The van der Waals surface area contributed by atoms with E-state index >= 15 is 0 Å². The third-order valence-electron chi connectivity index (χ3n) is 3.75. The second-order valence-corrected chi connectivity index (χ2v) is 5.18. The Kier molecular flexibility index (Phi) is 5.17. The van der Waals surface area contributed by atoms with E-state index in [1.807, 2.05) is 0 Å². The number of hydrogen-bond acceptors (Lipinski definition) is 3. The van der Waals surface area contributed by atoms with Crippen molar-refractivity contribution >= 4 is 0 Å². The van der Waals surface area contributed by atoms with E-state index in [-0.39, 0.29) is 6.04 Å². The topological polar surface area (TPSA) is 32.5 Å². The van der Waals surface area contributed by atoms with Crippen LogP contribution >= 0.6 is 0 Å². The number of nitrogens with two attached hydrogens (primary N) is 1. The van der Waals surface area contributed by atoms with Crippen molar-refractivity contribution in [1.82, 2.24) is 9.80 Å². The van der Waals surface area contributed by atoms with Crippen LogP contribution in [0.25, 0.3) is 0 Å². The minimum Gasteiger partial charge on any atom is -0.326 e. The molecule has 1 aliphatic rings. The van der Waals surface area contributed by atoms with Crippen LogP contribution in [0.15, 0.2) is 30.3 Å². The predicted molar refractivity (Wildman–Crippen MR) is 76.7 cm³/mol. The van der Waals surface area contributed by atoms with Crippen LogP contribution in [-0.4, -0.2) is 55.1 Å². The lowest BCUT2D eigenvalue weighted by Gasteiger charge is -2.35. The van der Waals surface area contributed by atoms with Crippen LogP contribution in [-0.2, 0) is 6.42 Å². The Morgan fingerprint density at radius 3 is 2.28 bits per heavy atom. The zero-order valence-electron chi connectivity index (χ0n) is 11.4. The Labute approximate surface area is 111 Å². The van der Waals surface area contributed by atoms with E-state index in [1.165, 1.54) is 25.2 Å². The molecule has 0 amide bonds. The summed E-state index contributed by atoms with van der Waals surface area (Å²) in [5.74, 6) is 0. The number of benzene rings is 1. The van der Waals surface area contributed by atoms with Gasteiger partial charge in [-0.3, -0.25) is 4.90 Å². The Morgan fingerprint density at radius 2 is 1.67 bits per heavy atom. The SMILES string of the molecule is CCN1CCN(CC(N)Cc2ccccc2)CC1. The van der Waals surface area contributed by atoms with Gasteiger partial charge >= 0.3 is 0 Å². The van der Waals surface area contributed by atoms with Gasteiger partial charge in [0.2, 0.25) is 0 Å². The lowest BCUT2D eigenvalue weighted by molar-refractivity contribution is 0.131. The number of hydrogen-bond donors (Lipinski definition) is 1. The average Bonchev–Trinajstić information content (AvgIpc) is 2.40. The summed E-state index contributed by atoms with van der Waals surface area (Å²) in [6, 6.07) is 10.8. The minimum absolute atomic E-state index is 0.251. The molecule has 18 heavy (non-hydrogen) atoms. The molecule has 3 nitrogen and oxygen atoms in total. The zero-order chi connectivity index (χ0) is 12.8. The predicted octanol–water partition coefficient (Wildman–Crippen LogP) is 1.19. The van der Waals surface area contributed by atoms with Crippen LogP contribution in [0, 0.1) is 0 Å². The molecule has 0 saturated carbocycles. The molecule has 1 aromatic rings. The molecule has 1 heterocycles. The highest BCUT2D eigenvalue weighted by molar-refractivity contribution is 5.15. The van der Waals surface area contributed by atoms with Crippen molar-refractivity contribution in [3.05, 3.63) is 35.9 Å². The third kappa shape index (κ3) is 4.09. The number of piperazine rings is 1. The molecule has 2 N–H and O–H groups in total. The molecule has 3 heteroatoms. The van der Waals surface area contributed by atoms with Gasteiger partial charge in [-0.25, -0.2) is 0 Å². The van der Waals surface area contributed by atoms with Crippen molar-refractivity contribution < 1.29 is 0 Å². The average molecular weight is 247 g/mol. The molecule has 1 atom stereocenters. The molecule has 1 unspecified atom stereocenters. The standard InChI is InChI=1S/C15H25N3/c1-2-17-8-10-18(11-9-17)13-15(16)12-14-6-4-3-5-7-14/h3-7,15H,2,8-13,16H2,1H3. The van der Waals surface area contributed by atoms with Gasteiger partial charge in [0.05, 0.1) is 0 Å². The molecular weight excluding hydrogens is 222 g/mol. The van der Waals surface area contributed by atoms with Crippen molar-refractivity contribution in [2.24, 2.45) is 5.73 Å². The lowest BCUT2D eigenvalue weighted by Crippen LogP contribution is -2.50. The molecule has 0 radical (unpaired) electrons. The fourth-order valence-electron chi connectivity index (χ4n) is 2.60. The Morgan fingerprint density at radius 1 is 1.06 bits per heavy atom. The summed E-state index contributed by atoms with van der Waals surface area (Å²) < 4.78 is 0. The molecule has 1 aliphatic heterocycles. The molecule has 1 aromatic carbocycles. The van der Waals surface area contributed by atoms with Crippen molar-refractivity contribution in [2.45, 2.75) is 19.4 Å². The normalized spacial score (nSPS) is 19.9. The monoisotopic (exact) mass is 247 g/mol. The quantitative estimate of drug-likeness (QED) is 0.848. The minimum atomic E-state index is 0.251. The first-order chi connectivity index (χ1) is 8.78.